The Kier molecular flexibility index (Phi) is 6.15. The standard InChI is InChI=1S/C9H18.C6H6/c1-8(2)9-6-4-3-5-7-9;1-2-4-6-5-3-1/h8-9H,3-7H2,1-2H3;1-6H. The SMILES string of the molecule is CC(C)C1CCCCC1.c1ccccc1. The van der Waals surface area contributed by atoms with Crippen molar-refractivity contribution in [3.8, 4) is 0 Å². The summed E-state index contributed by atoms with van der Waals surface area (Å²) in [6.45, 7) is 4.71. The second-order valence-electron chi connectivity index (χ2n) is 4.80. The molecule has 84 valence electrons. The predicted molar refractivity (Wildman–Crippen MR) is 67.9 cm³/mol. The molecular weight excluding hydrogens is 180 g/mol. The lowest BCUT2D eigenvalue weighted by Crippen LogP contribution is -2.12. The van der Waals surface area contributed by atoms with Gasteiger partial charge in [-0.15, -0.1) is 0 Å². The molecule has 0 aliphatic heterocycles. The maximum absolute atomic E-state index is 2.36. The Hall–Kier alpha value is -0.780. The highest BCUT2D eigenvalue weighted by molar-refractivity contribution is 4.99. The normalized spacial score (nSPS) is 17.0. The van der Waals surface area contributed by atoms with Crippen LogP contribution < -0.4 is 0 Å². The van der Waals surface area contributed by atoms with E-state index in [2.05, 4.69) is 13.8 Å². The Labute approximate surface area is 94.7 Å². The molecule has 1 aliphatic carbocycles. The van der Waals surface area contributed by atoms with E-state index in [9.17, 15) is 0 Å². The minimum Gasteiger partial charge on any atom is -0.0625 e. The Bertz CT molecular complexity index is 192. The Morgan fingerprint density at radius 1 is 0.733 bits per heavy atom. The second kappa shape index (κ2) is 7.50. The van der Waals surface area contributed by atoms with Gasteiger partial charge in [0.2, 0.25) is 0 Å². The van der Waals surface area contributed by atoms with E-state index in [1.165, 1.54) is 32.1 Å². The average Bonchev–Trinajstić information content (AvgIpc) is 2.33. The molecule has 2 rings (SSSR count). The molecule has 0 saturated heterocycles. The summed E-state index contributed by atoms with van der Waals surface area (Å²) in [6.07, 6.45) is 7.46. The Morgan fingerprint density at radius 2 is 1.13 bits per heavy atom. The van der Waals surface area contributed by atoms with Gasteiger partial charge >= 0.3 is 0 Å². The predicted octanol–water partition coefficient (Wildman–Crippen LogP) is 4.91. The van der Waals surface area contributed by atoms with Gasteiger partial charge in [0.05, 0.1) is 0 Å². The van der Waals surface area contributed by atoms with Crippen LogP contribution in [0.5, 0.6) is 0 Å². The molecule has 0 heterocycles. The van der Waals surface area contributed by atoms with Crippen LogP contribution in [-0.2, 0) is 0 Å². The molecule has 0 atom stereocenters. The largest absolute Gasteiger partial charge is 0.0625 e. The van der Waals surface area contributed by atoms with Gasteiger partial charge in [0.15, 0.2) is 0 Å². The van der Waals surface area contributed by atoms with E-state index in [1.807, 2.05) is 36.4 Å². The molecule has 0 spiro atoms. The van der Waals surface area contributed by atoms with Gasteiger partial charge in [-0.3, -0.25) is 0 Å². The van der Waals surface area contributed by atoms with Gasteiger partial charge in [-0.25, -0.2) is 0 Å². The molecule has 0 radical (unpaired) electrons. The summed E-state index contributed by atoms with van der Waals surface area (Å²) in [6, 6.07) is 12.0. The summed E-state index contributed by atoms with van der Waals surface area (Å²) in [4.78, 5) is 0. The van der Waals surface area contributed by atoms with Gasteiger partial charge < -0.3 is 0 Å². The summed E-state index contributed by atoms with van der Waals surface area (Å²) in [5.74, 6) is 1.99. The molecule has 0 bridgehead atoms. The summed E-state index contributed by atoms with van der Waals surface area (Å²) < 4.78 is 0. The zero-order chi connectivity index (χ0) is 10.9. The highest BCUT2D eigenvalue weighted by atomic mass is 14.2. The van der Waals surface area contributed by atoms with Gasteiger partial charge in [-0.05, 0) is 11.8 Å². The summed E-state index contributed by atoms with van der Waals surface area (Å²) in [7, 11) is 0. The number of rotatable bonds is 1. The average molecular weight is 204 g/mol. The number of hydrogen-bond acceptors (Lipinski definition) is 0. The van der Waals surface area contributed by atoms with Crippen LogP contribution >= 0.6 is 0 Å². The van der Waals surface area contributed by atoms with Crippen molar-refractivity contribution in [1.29, 1.82) is 0 Å². The molecule has 0 unspecified atom stereocenters. The van der Waals surface area contributed by atoms with Crippen LogP contribution in [0.3, 0.4) is 0 Å². The highest BCUT2D eigenvalue weighted by Gasteiger charge is 2.15. The minimum atomic E-state index is 0.935. The van der Waals surface area contributed by atoms with Crippen molar-refractivity contribution >= 4 is 0 Å². The third-order valence-electron chi connectivity index (χ3n) is 3.26. The first-order chi connectivity index (χ1) is 7.30. The zero-order valence-electron chi connectivity index (χ0n) is 10.2. The molecule has 1 aliphatic rings. The van der Waals surface area contributed by atoms with E-state index >= 15 is 0 Å². The smallest absolute Gasteiger partial charge is 0.0391 e. The van der Waals surface area contributed by atoms with Gasteiger partial charge in [0.1, 0.15) is 0 Å². The maximum Gasteiger partial charge on any atom is -0.0391 e. The second-order valence-corrected chi connectivity index (χ2v) is 4.80. The molecule has 0 aromatic heterocycles. The molecular formula is C15H24. The molecule has 0 amide bonds. The molecule has 1 saturated carbocycles. The van der Waals surface area contributed by atoms with E-state index in [0.29, 0.717) is 0 Å². The zero-order valence-corrected chi connectivity index (χ0v) is 10.2. The van der Waals surface area contributed by atoms with Crippen LogP contribution in [0.2, 0.25) is 0 Å². The van der Waals surface area contributed by atoms with Crippen molar-refractivity contribution in [2.45, 2.75) is 46.0 Å². The minimum absolute atomic E-state index is 0.935. The van der Waals surface area contributed by atoms with E-state index in [-0.39, 0.29) is 0 Å². The van der Waals surface area contributed by atoms with Crippen molar-refractivity contribution in [3.63, 3.8) is 0 Å². The topological polar surface area (TPSA) is 0 Å². The first kappa shape index (κ1) is 12.3. The fourth-order valence-electron chi connectivity index (χ4n) is 2.19. The summed E-state index contributed by atoms with van der Waals surface area (Å²) >= 11 is 0. The van der Waals surface area contributed by atoms with Crippen LogP contribution in [0.4, 0.5) is 0 Å². The lowest BCUT2D eigenvalue weighted by Gasteiger charge is -2.24. The van der Waals surface area contributed by atoms with Crippen LogP contribution in [0.15, 0.2) is 36.4 Å². The van der Waals surface area contributed by atoms with E-state index in [1.54, 1.807) is 0 Å². The summed E-state index contributed by atoms with van der Waals surface area (Å²) in [5, 5.41) is 0. The van der Waals surface area contributed by atoms with Crippen molar-refractivity contribution < 1.29 is 0 Å². The molecule has 15 heavy (non-hydrogen) atoms. The van der Waals surface area contributed by atoms with E-state index in [4.69, 9.17) is 0 Å². The molecule has 1 aromatic rings. The first-order valence-electron chi connectivity index (χ1n) is 6.30. The van der Waals surface area contributed by atoms with E-state index < -0.39 is 0 Å². The number of benzene rings is 1. The van der Waals surface area contributed by atoms with Crippen LogP contribution in [0, 0.1) is 11.8 Å². The van der Waals surface area contributed by atoms with Crippen molar-refractivity contribution in [1.82, 2.24) is 0 Å². The van der Waals surface area contributed by atoms with Crippen molar-refractivity contribution in [2.24, 2.45) is 11.8 Å². The summed E-state index contributed by atoms with van der Waals surface area (Å²) in [5.41, 5.74) is 0. The Morgan fingerprint density at radius 3 is 1.40 bits per heavy atom. The van der Waals surface area contributed by atoms with E-state index in [0.717, 1.165) is 11.8 Å². The molecule has 1 fully saturated rings. The van der Waals surface area contributed by atoms with Gasteiger partial charge in [0.25, 0.3) is 0 Å². The lowest BCUT2D eigenvalue weighted by molar-refractivity contribution is 0.279. The Balaban J connectivity index is 0.000000162. The monoisotopic (exact) mass is 204 g/mol. The third kappa shape index (κ3) is 5.61. The number of hydrogen-bond donors (Lipinski definition) is 0. The van der Waals surface area contributed by atoms with Crippen molar-refractivity contribution in [2.75, 3.05) is 0 Å². The van der Waals surface area contributed by atoms with Gasteiger partial charge in [0, 0.05) is 0 Å². The fraction of sp³-hybridized carbons (Fsp3) is 0.600. The van der Waals surface area contributed by atoms with Gasteiger partial charge in [-0.1, -0.05) is 82.3 Å². The van der Waals surface area contributed by atoms with Crippen molar-refractivity contribution in [3.05, 3.63) is 36.4 Å². The van der Waals surface area contributed by atoms with Gasteiger partial charge in [-0.2, -0.15) is 0 Å². The lowest BCUT2D eigenvalue weighted by atomic mass is 9.82. The third-order valence-corrected chi connectivity index (χ3v) is 3.26. The molecule has 1 aromatic carbocycles. The highest BCUT2D eigenvalue weighted by Crippen LogP contribution is 2.29. The molecule has 0 nitrogen and oxygen atoms in total. The van der Waals surface area contributed by atoms with Crippen LogP contribution in [0.1, 0.15) is 46.0 Å². The molecule has 0 N–H and O–H groups in total. The first-order valence-corrected chi connectivity index (χ1v) is 6.30. The van der Waals surface area contributed by atoms with Crippen LogP contribution in [-0.4, -0.2) is 0 Å². The van der Waals surface area contributed by atoms with Crippen LogP contribution in [0.25, 0.3) is 0 Å². The maximum atomic E-state index is 2.36. The molecule has 0 heteroatoms. The quantitative estimate of drug-likeness (QED) is 0.609. The fourth-order valence-corrected chi connectivity index (χ4v) is 2.19.